The molecule has 0 aromatic carbocycles. The first kappa shape index (κ1) is 14.8. The summed E-state index contributed by atoms with van der Waals surface area (Å²) < 4.78 is 1.76. The third-order valence-corrected chi connectivity index (χ3v) is 4.51. The van der Waals surface area contributed by atoms with Crippen molar-refractivity contribution in [3.63, 3.8) is 0 Å². The Morgan fingerprint density at radius 2 is 2.16 bits per heavy atom. The maximum absolute atomic E-state index is 6.35. The van der Waals surface area contributed by atoms with Gasteiger partial charge in [0.1, 0.15) is 5.15 Å². The SMILES string of the molecule is CCC1CNC(C)(C)CN1Cc1c(C)nn(C)c1Cl. The van der Waals surface area contributed by atoms with E-state index in [0.29, 0.717) is 6.04 Å². The first-order valence-electron chi connectivity index (χ1n) is 7.01. The molecular formula is C14H25ClN4. The molecule has 2 rings (SSSR count). The Morgan fingerprint density at radius 3 is 2.68 bits per heavy atom. The fourth-order valence-corrected chi connectivity index (χ4v) is 3.09. The van der Waals surface area contributed by atoms with E-state index in [4.69, 9.17) is 11.6 Å². The van der Waals surface area contributed by atoms with Gasteiger partial charge in [-0.25, -0.2) is 0 Å². The van der Waals surface area contributed by atoms with Crippen molar-refractivity contribution in [2.45, 2.75) is 52.2 Å². The van der Waals surface area contributed by atoms with E-state index in [-0.39, 0.29) is 5.54 Å². The number of aromatic nitrogens is 2. The molecule has 1 aliphatic heterocycles. The smallest absolute Gasteiger partial charge is 0.131 e. The minimum Gasteiger partial charge on any atom is -0.309 e. The van der Waals surface area contributed by atoms with Gasteiger partial charge in [0.2, 0.25) is 0 Å². The number of rotatable bonds is 3. The van der Waals surface area contributed by atoms with E-state index < -0.39 is 0 Å². The summed E-state index contributed by atoms with van der Waals surface area (Å²) in [4.78, 5) is 2.53. The lowest BCUT2D eigenvalue weighted by Gasteiger charge is -2.44. The van der Waals surface area contributed by atoms with Gasteiger partial charge in [-0.1, -0.05) is 18.5 Å². The molecule has 1 aliphatic rings. The van der Waals surface area contributed by atoms with Crippen molar-refractivity contribution in [2.75, 3.05) is 13.1 Å². The molecule has 5 heteroatoms. The quantitative estimate of drug-likeness (QED) is 0.925. The second-order valence-corrected chi connectivity index (χ2v) is 6.57. The number of halogens is 1. The molecule has 108 valence electrons. The lowest BCUT2D eigenvalue weighted by atomic mass is 9.97. The van der Waals surface area contributed by atoms with Gasteiger partial charge in [-0.2, -0.15) is 5.10 Å². The van der Waals surface area contributed by atoms with Crippen molar-refractivity contribution >= 4 is 11.6 Å². The molecule has 1 aromatic rings. The van der Waals surface area contributed by atoms with Crippen LogP contribution in [0.2, 0.25) is 5.15 Å². The Morgan fingerprint density at radius 1 is 1.47 bits per heavy atom. The molecule has 1 fully saturated rings. The molecule has 4 nitrogen and oxygen atoms in total. The standard InChI is InChI=1S/C14H25ClN4/c1-6-11-7-16-14(3,4)9-19(11)8-12-10(2)17-18(5)13(12)15/h11,16H,6-9H2,1-5H3. The van der Waals surface area contributed by atoms with Gasteiger partial charge < -0.3 is 5.32 Å². The van der Waals surface area contributed by atoms with Crippen LogP contribution in [0.1, 0.15) is 38.4 Å². The molecule has 0 amide bonds. The summed E-state index contributed by atoms with van der Waals surface area (Å²) in [5.74, 6) is 0. The van der Waals surface area contributed by atoms with Crippen molar-refractivity contribution in [2.24, 2.45) is 7.05 Å². The van der Waals surface area contributed by atoms with Crippen molar-refractivity contribution in [3.8, 4) is 0 Å². The Hall–Kier alpha value is -0.580. The van der Waals surface area contributed by atoms with Crippen LogP contribution in [0.5, 0.6) is 0 Å². The van der Waals surface area contributed by atoms with Gasteiger partial charge in [-0.05, 0) is 27.2 Å². The summed E-state index contributed by atoms with van der Waals surface area (Å²) in [6.45, 7) is 11.8. The van der Waals surface area contributed by atoms with Crippen LogP contribution in [0, 0.1) is 6.92 Å². The van der Waals surface area contributed by atoms with Crippen molar-refractivity contribution in [1.29, 1.82) is 0 Å². The Kier molecular flexibility index (Phi) is 4.23. The molecule has 19 heavy (non-hydrogen) atoms. The highest BCUT2D eigenvalue weighted by atomic mass is 35.5. The molecule has 1 N–H and O–H groups in total. The third kappa shape index (κ3) is 3.12. The predicted molar refractivity (Wildman–Crippen MR) is 79.5 cm³/mol. The summed E-state index contributed by atoms with van der Waals surface area (Å²) in [7, 11) is 1.90. The zero-order valence-corrected chi connectivity index (χ0v) is 13.4. The monoisotopic (exact) mass is 284 g/mol. The Bertz CT molecular complexity index is 453. The summed E-state index contributed by atoms with van der Waals surface area (Å²) in [5.41, 5.74) is 2.37. The molecule has 0 aliphatic carbocycles. The Labute approximate surface area is 121 Å². The molecule has 1 unspecified atom stereocenters. The second-order valence-electron chi connectivity index (χ2n) is 6.21. The fourth-order valence-electron chi connectivity index (χ4n) is 2.86. The first-order valence-corrected chi connectivity index (χ1v) is 7.39. The minimum absolute atomic E-state index is 0.161. The minimum atomic E-state index is 0.161. The number of hydrogen-bond acceptors (Lipinski definition) is 3. The Balaban J connectivity index is 2.19. The molecule has 0 radical (unpaired) electrons. The maximum Gasteiger partial charge on any atom is 0.131 e. The van der Waals surface area contributed by atoms with Crippen LogP contribution in [0.3, 0.4) is 0 Å². The van der Waals surface area contributed by atoms with E-state index in [9.17, 15) is 0 Å². The zero-order valence-electron chi connectivity index (χ0n) is 12.6. The van der Waals surface area contributed by atoms with Gasteiger partial charge >= 0.3 is 0 Å². The third-order valence-electron chi connectivity index (χ3n) is 4.03. The van der Waals surface area contributed by atoms with E-state index in [1.807, 2.05) is 14.0 Å². The topological polar surface area (TPSA) is 33.1 Å². The molecule has 1 aromatic heterocycles. The highest BCUT2D eigenvalue weighted by Crippen LogP contribution is 2.25. The van der Waals surface area contributed by atoms with Gasteiger partial charge in [0.25, 0.3) is 0 Å². The fraction of sp³-hybridized carbons (Fsp3) is 0.786. The van der Waals surface area contributed by atoms with Gasteiger partial charge in [-0.3, -0.25) is 9.58 Å². The van der Waals surface area contributed by atoms with Gasteiger partial charge in [-0.15, -0.1) is 0 Å². The molecule has 1 saturated heterocycles. The number of hydrogen-bond donors (Lipinski definition) is 1. The van der Waals surface area contributed by atoms with Crippen molar-refractivity contribution in [1.82, 2.24) is 20.0 Å². The van der Waals surface area contributed by atoms with Crippen LogP contribution in [-0.4, -0.2) is 39.4 Å². The maximum atomic E-state index is 6.35. The van der Waals surface area contributed by atoms with Gasteiger partial charge in [0.05, 0.1) is 5.69 Å². The lowest BCUT2D eigenvalue weighted by Crippen LogP contribution is -2.61. The van der Waals surface area contributed by atoms with Crippen LogP contribution in [0.15, 0.2) is 0 Å². The van der Waals surface area contributed by atoms with Crippen LogP contribution in [0.25, 0.3) is 0 Å². The van der Waals surface area contributed by atoms with Crippen LogP contribution < -0.4 is 5.32 Å². The second kappa shape index (κ2) is 5.43. The summed E-state index contributed by atoms with van der Waals surface area (Å²) >= 11 is 6.35. The van der Waals surface area contributed by atoms with Gasteiger partial charge in [0.15, 0.2) is 0 Å². The highest BCUT2D eigenvalue weighted by molar-refractivity contribution is 6.30. The van der Waals surface area contributed by atoms with E-state index in [2.05, 4.69) is 36.1 Å². The average Bonchev–Trinajstić information content (AvgIpc) is 2.55. The molecular weight excluding hydrogens is 260 g/mol. The van der Waals surface area contributed by atoms with E-state index >= 15 is 0 Å². The van der Waals surface area contributed by atoms with E-state index in [1.165, 1.54) is 5.56 Å². The summed E-state index contributed by atoms with van der Waals surface area (Å²) in [6.07, 6.45) is 1.15. The molecule has 0 saturated carbocycles. The first-order chi connectivity index (χ1) is 8.84. The highest BCUT2D eigenvalue weighted by Gasteiger charge is 2.32. The van der Waals surface area contributed by atoms with E-state index in [1.54, 1.807) is 4.68 Å². The lowest BCUT2D eigenvalue weighted by molar-refractivity contribution is 0.0857. The normalized spacial score (nSPS) is 23.8. The van der Waals surface area contributed by atoms with Crippen molar-refractivity contribution in [3.05, 3.63) is 16.4 Å². The number of piperazine rings is 1. The molecule has 0 spiro atoms. The molecule has 0 bridgehead atoms. The van der Waals surface area contributed by atoms with Gasteiger partial charge in [0, 0.05) is 43.8 Å². The van der Waals surface area contributed by atoms with Crippen LogP contribution in [-0.2, 0) is 13.6 Å². The number of aryl methyl sites for hydroxylation is 2. The number of nitrogens with zero attached hydrogens (tertiary/aromatic N) is 3. The zero-order chi connectivity index (χ0) is 14.2. The van der Waals surface area contributed by atoms with Crippen molar-refractivity contribution < 1.29 is 0 Å². The predicted octanol–water partition coefficient (Wildman–Crippen LogP) is 2.34. The molecule has 1 atom stereocenters. The van der Waals surface area contributed by atoms with Crippen LogP contribution in [0.4, 0.5) is 0 Å². The van der Waals surface area contributed by atoms with E-state index in [0.717, 1.165) is 36.9 Å². The number of nitrogens with one attached hydrogen (secondary N) is 1. The largest absolute Gasteiger partial charge is 0.309 e. The summed E-state index contributed by atoms with van der Waals surface area (Å²) in [5, 5.41) is 8.79. The van der Waals surface area contributed by atoms with Crippen LogP contribution >= 0.6 is 11.6 Å². The summed E-state index contributed by atoms with van der Waals surface area (Å²) in [6, 6.07) is 0.573. The molecule has 2 heterocycles. The average molecular weight is 285 g/mol.